The highest BCUT2D eigenvalue weighted by Crippen LogP contribution is 2.32. The van der Waals surface area contributed by atoms with Gasteiger partial charge in [-0.1, -0.05) is 39.1 Å². The van der Waals surface area contributed by atoms with Crippen LogP contribution in [-0.4, -0.2) is 18.0 Å². The number of oxazole rings is 1. The van der Waals surface area contributed by atoms with Gasteiger partial charge >= 0.3 is 0 Å². The lowest BCUT2D eigenvalue weighted by Crippen LogP contribution is -2.13. The van der Waals surface area contributed by atoms with Crippen molar-refractivity contribution < 1.29 is 13.9 Å². The van der Waals surface area contributed by atoms with Gasteiger partial charge in [0.15, 0.2) is 5.58 Å². The molecule has 29 heavy (non-hydrogen) atoms. The first-order valence-electron chi connectivity index (χ1n) is 8.45. The summed E-state index contributed by atoms with van der Waals surface area (Å²) in [5, 5.41) is 3.78. The van der Waals surface area contributed by atoms with E-state index >= 15 is 0 Å². The monoisotopic (exact) mass is 490 g/mol. The largest absolute Gasteiger partial charge is 0.496 e. The van der Waals surface area contributed by atoms with Crippen LogP contribution in [-0.2, 0) is 0 Å². The predicted octanol–water partition coefficient (Wildman–Crippen LogP) is 6.83. The van der Waals surface area contributed by atoms with Crippen molar-refractivity contribution >= 4 is 61.8 Å². The molecule has 0 atom stereocenters. The van der Waals surface area contributed by atoms with Crippen molar-refractivity contribution in [2.45, 2.75) is 0 Å². The summed E-state index contributed by atoms with van der Waals surface area (Å²) in [7, 11) is 1.51. The van der Waals surface area contributed by atoms with Crippen molar-refractivity contribution in [2.24, 2.45) is 0 Å². The fourth-order valence-corrected chi connectivity index (χ4v) is 3.52. The maximum absolute atomic E-state index is 12.8. The van der Waals surface area contributed by atoms with Gasteiger partial charge in [0.25, 0.3) is 5.91 Å². The molecule has 1 N–H and O–H groups in total. The van der Waals surface area contributed by atoms with E-state index < -0.39 is 0 Å². The van der Waals surface area contributed by atoms with Crippen molar-refractivity contribution in [2.75, 3.05) is 12.4 Å². The smallest absolute Gasteiger partial charge is 0.259 e. The quantitative estimate of drug-likeness (QED) is 0.340. The van der Waals surface area contributed by atoms with Gasteiger partial charge in [0, 0.05) is 15.1 Å². The molecule has 1 amide bonds. The number of nitrogens with zero attached hydrogens (tertiary/aromatic N) is 1. The first-order chi connectivity index (χ1) is 13.9. The third kappa shape index (κ3) is 4.10. The Bertz CT molecular complexity index is 1240. The Morgan fingerprint density at radius 2 is 1.93 bits per heavy atom. The number of hydrogen-bond acceptors (Lipinski definition) is 4. The molecule has 0 unspecified atom stereocenters. The number of anilines is 1. The fraction of sp³-hybridized carbons (Fsp3) is 0.0476. The van der Waals surface area contributed by atoms with Gasteiger partial charge in [0.1, 0.15) is 11.3 Å². The van der Waals surface area contributed by atoms with Gasteiger partial charge < -0.3 is 14.5 Å². The average Bonchev–Trinajstić information content (AvgIpc) is 3.12. The predicted molar refractivity (Wildman–Crippen MR) is 118 cm³/mol. The van der Waals surface area contributed by atoms with Gasteiger partial charge in [-0.15, -0.1) is 0 Å². The van der Waals surface area contributed by atoms with Crippen molar-refractivity contribution in [3.63, 3.8) is 0 Å². The highest BCUT2D eigenvalue weighted by atomic mass is 79.9. The molecule has 3 aromatic carbocycles. The van der Waals surface area contributed by atoms with Gasteiger partial charge in [0.2, 0.25) is 5.89 Å². The van der Waals surface area contributed by atoms with Crippen LogP contribution in [0.25, 0.3) is 22.6 Å². The first-order valence-corrected chi connectivity index (χ1v) is 10.0. The number of ether oxygens (including phenoxy) is 1. The lowest BCUT2D eigenvalue weighted by Gasteiger charge is -2.11. The minimum absolute atomic E-state index is 0.355. The number of nitrogens with one attached hydrogen (secondary N) is 1. The molecular formula is C21H13BrCl2N2O3. The molecule has 0 saturated carbocycles. The molecular weight excluding hydrogens is 479 g/mol. The molecule has 0 bridgehead atoms. The number of carbonyl (C=O) groups excluding carboxylic acids is 1. The number of carbonyl (C=O) groups is 1. The molecule has 8 heteroatoms. The topological polar surface area (TPSA) is 64.4 Å². The second-order valence-electron chi connectivity index (χ2n) is 6.12. The van der Waals surface area contributed by atoms with Crippen LogP contribution in [0.4, 0.5) is 5.69 Å². The number of fused-ring (bicyclic) bond motifs is 1. The SMILES string of the molecule is COc1ccc(Br)cc1C(=O)Nc1cc(-c2nc3cc(Cl)ccc3o2)ccc1Cl. The van der Waals surface area contributed by atoms with E-state index in [1.165, 1.54) is 7.11 Å². The second-order valence-corrected chi connectivity index (χ2v) is 7.88. The van der Waals surface area contributed by atoms with E-state index in [1.807, 2.05) is 0 Å². The zero-order valence-corrected chi connectivity index (χ0v) is 18.1. The highest BCUT2D eigenvalue weighted by Gasteiger charge is 2.16. The van der Waals surface area contributed by atoms with Crippen LogP contribution in [0.2, 0.25) is 10.0 Å². The van der Waals surface area contributed by atoms with Gasteiger partial charge in [-0.3, -0.25) is 4.79 Å². The number of hydrogen-bond donors (Lipinski definition) is 1. The second kappa shape index (κ2) is 8.06. The number of benzene rings is 3. The summed E-state index contributed by atoms with van der Waals surface area (Å²) in [6.45, 7) is 0. The van der Waals surface area contributed by atoms with Crippen LogP contribution in [0.15, 0.2) is 63.5 Å². The Morgan fingerprint density at radius 3 is 2.72 bits per heavy atom. The van der Waals surface area contributed by atoms with Crippen LogP contribution < -0.4 is 10.1 Å². The molecule has 0 fully saturated rings. The van der Waals surface area contributed by atoms with Crippen molar-refractivity contribution in [3.05, 3.63) is 74.7 Å². The number of amides is 1. The minimum Gasteiger partial charge on any atom is -0.496 e. The molecule has 146 valence electrons. The van der Waals surface area contributed by atoms with Gasteiger partial charge in [-0.25, -0.2) is 4.98 Å². The standard InChI is InChI=1S/C21H13BrCl2N2O3/c1-28-18-6-3-12(22)9-14(18)20(27)25-16-8-11(2-5-15(16)24)21-26-17-10-13(23)4-7-19(17)29-21/h2-10H,1H3,(H,25,27). The maximum atomic E-state index is 12.8. The summed E-state index contributed by atoms with van der Waals surface area (Å²) in [5.74, 6) is 0.495. The number of aromatic nitrogens is 1. The Hall–Kier alpha value is -2.54. The minimum atomic E-state index is -0.355. The van der Waals surface area contributed by atoms with Crippen molar-refractivity contribution in [1.29, 1.82) is 0 Å². The molecule has 1 aromatic heterocycles. The lowest BCUT2D eigenvalue weighted by molar-refractivity contribution is 0.102. The zero-order chi connectivity index (χ0) is 20.5. The van der Waals surface area contributed by atoms with Crippen LogP contribution in [0.1, 0.15) is 10.4 Å². The van der Waals surface area contributed by atoms with Gasteiger partial charge in [-0.2, -0.15) is 0 Å². The molecule has 0 saturated heterocycles. The Kier molecular flexibility index (Phi) is 5.50. The van der Waals surface area contributed by atoms with E-state index in [0.717, 1.165) is 4.47 Å². The molecule has 0 spiro atoms. The summed E-state index contributed by atoms with van der Waals surface area (Å²) in [6.07, 6.45) is 0. The molecule has 4 rings (SSSR count). The molecule has 1 heterocycles. The molecule has 0 aliphatic carbocycles. The summed E-state index contributed by atoms with van der Waals surface area (Å²) < 4.78 is 11.8. The summed E-state index contributed by atoms with van der Waals surface area (Å²) in [6, 6.07) is 15.5. The maximum Gasteiger partial charge on any atom is 0.259 e. The van der Waals surface area contributed by atoms with Crippen LogP contribution >= 0.6 is 39.1 Å². The van der Waals surface area contributed by atoms with E-state index in [2.05, 4.69) is 26.2 Å². The molecule has 5 nitrogen and oxygen atoms in total. The lowest BCUT2D eigenvalue weighted by atomic mass is 10.1. The summed E-state index contributed by atoms with van der Waals surface area (Å²) in [4.78, 5) is 17.3. The van der Waals surface area contributed by atoms with Crippen LogP contribution in [0.3, 0.4) is 0 Å². The van der Waals surface area contributed by atoms with Crippen LogP contribution in [0.5, 0.6) is 5.75 Å². The molecule has 0 aliphatic heterocycles. The molecule has 0 radical (unpaired) electrons. The fourth-order valence-electron chi connectivity index (χ4n) is 2.83. The molecule has 4 aromatic rings. The third-order valence-electron chi connectivity index (χ3n) is 4.22. The Morgan fingerprint density at radius 1 is 1.10 bits per heavy atom. The van der Waals surface area contributed by atoms with E-state index in [0.29, 0.717) is 49.6 Å². The Balaban J connectivity index is 1.68. The Labute approximate surface area is 184 Å². The third-order valence-corrected chi connectivity index (χ3v) is 5.28. The first kappa shape index (κ1) is 19.8. The van der Waals surface area contributed by atoms with E-state index in [1.54, 1.807) is 54.6 Å². The molecule has 0 aliphatic rings. The van der Waals surface area contributed by atoms with E-state index in [4.69, 9.17) is 32.4 Å². The number of rotatable bonds is 4. The zero-order valence-electron chi connectivity index (χ0n) is 15.0. The van der Waals surface area contributed by atoms with Crippen molar-refractivity contribution in [3.8, 4) is 17.2 Å². The average molecular weight is 492 g/mol. The van der Waals surface area contributed by atoms with E-state index in [9.17, 15) is 4.79 Å². The summed E-state index contributed by atoms with van der Waals surface area (Å²) >= 11 is 15.7. The van der Waals surface area contributed by atoms with E-state index in [-0.39, 0.29) is 5.91 Å². The summed E-state index contributed by atoms with van der Waals surface area (Å²) in [5.41, 5.74) is 2.73. The van der Waals surface area contributed by atoms with Gasteiger partial charge in [0.05, 0.1) is 23.4 Å². The normalized spacial score (nSPS) is 10.9. The van der Waals surface area contributed by atoms with Crippen molar-refractivity contribution in [1.82, 2.24) is 4.98 Å². The van der Waals surface area contributed by atoms with Crippen LogP contribution in [0, 0.1) is 0 Å². The number of halogens is 3. The van der Waals surface area contributed by atoms with Gasteiger partial charge in [-0.05, 0) is 54.6 Å². The number of methoxy groups -OCH3 is 1. The highest BCUT2D eigenvalue weighted by molar-refractivity contribution is 9.10.